The molecule has 0 spiro atoms. The Kier molecular flexibility index (Phi) is 5.55. The number of esters is 1. The summed E-state index contributed by atoms with van der Waals surface area (Å²) in [5, 5.41) is 4.29. The van der Waals surface area contributed by atoms with Gasteiger partial charge < -0.3 is 14.5 Å². The average molecular weight is 450 g/mol. The van der Waals surface area contributed by atoms with Crippen molar-refractivity contribution in [3.05, 3.63) is 96.1 Å². The minimum absolute atomic E-state index is 0.338. The molecule has 6 nitrogen and oxygen atoms in total. The molecule has 0 saturated heterocycles. The summed E-state index contributed by atoms with van der Waals surface area (Å²) < 4.78 is 11.5. The molecule has 1 aromatic heterocycles. The molecular weight excluding hydrogens is 428 g/mol. The quantitative estimate of drug-likeness (QED) is 0.325. The lowest BCUT2D eigenvalue weighted by Crippen LogP contribution is -2.30. The maximum Gasteiger partial charge on any atom is 0.339 e. The lowest BCUT2D eigenvalue weighted by Gasteiger charge is -2.15. The van der Waals surface area contributed by atoms with Crippen molar-refractivity contribution in [2.75, 3.05) is 5.32 Å². The fourth-order valence-corrected chi connectivity index (χ4v) is 3.92. The normalized spacial score (nSPS) is 11.9. The number of nitrogens with zero attached hydrogens (tertiary/aromatic N) is 1. The lowest BCUT2D eigenvalue weighted by molar-refractivity contribution is -0.123. The number of hydrogen-bond donors (Lipinski definition) is 1. The highest BCUT2D eigenvalue weighted by atomic mass is 16.5. The van der Waals surface area contributed by atoms with Gasteiger partial charge in [-0.2, -0.15) is 0 Å². The number of ether oxygens (including phenoxy) is 1. The number of aromatic nitrogens is 1. The number of carbonyl (C=O) groups excluding carboxylic acids is 2. The number of aryl methyl sites for hydroxylation is 1. The molecule has 5 rings (SSSR count). The molecule has 0 saturated carbocycles. The predicted molar refractivity (Wildman–Crippen MR) is 132 cm³/mol. The van der Waals surface area contributed by atoms with Gasteiger partial charge in [-0.3, -0.25) is 4.79 Å². The van der Waals surface area contributed by atoms with Crippen molar-refractivity contribution in [2.45, 2.75) is 20.0 Å². The first-order valence-corrected chi connectivity index (χ1v) is 11.0. The van der Waals surface area contributed by atoms with Gasteiger partial charge in [-0.25, -0.2) is 9.78 Å². The summed E-state index contributed by atoms with van der Waals surface area (Å²) in [4.78, 5) is 30.4. The van der Waals surface area contributed by atoms with Crippen LogP contribution in [0.25, 0.3) is 33.3 Å². The maximum atomic E-state index is 13.2. The molecule has 6 heteroatoms. The van der Waals surface area contributed by atoms with Crippen LogP contribution in [0.4, 0.5) is 5.69 Å². The highest BCUT2D eigenvalue weighted by molar-refractivity contribution is 6.10. The fourth-order valence-electron chi connectivity index (χ4n) is 3.92. The van der Waals surface area contributed by atoms with Gasteiger partial charge in [0.15, 0.2) is 11.7 Å². The Hall–Kier alpha value is -4.45. The number of carbonyl (C=O) groups is 2. The molecule has 0 aliphatic rings. The second-order valence-electron chi connectivity index (χ2n) is 8.10. The van der Waals surface area contributed by atoms with E-state index in [1.54, 1.807) is 25.1 Å². The van der Waals surface area contributed by atoms with Crippen LogP contribution in [0.1, 0.15) is 22.8 Å². The molecule has 4 aromatic carbocycles. The average Bonchev–Trinajstić information content (AvgIpc) is 3.27. The zero-order valence-electron chi connectivity index (χ0n) is 18.7. The van der Waals surface area contributed by atoms with E-state index < -0.39 is 18.0 Å². The van der Waals surface area contributed by atoms with Crippen LogP contribution in [0.5, 0.6) is 0 Å². The first kappa shape index (κ1) is 21.4. The fraction of sp³-hybridized carbons (Fsp3) is 0.107. The van der Waals surface area contributed by atoms with E-state index in [0.29, 0.717) is 33.7 Å². The van der Waals surface area contributed by atoms with Crippen LogP contribution < -0.4 is 5.32 Å². The first-order chi connectivity index (χ1) is 16.5. The first-order valence-electron chi connectivity index (χ1n) is 11.0. The summed E-state index contributed by atoms with van der Waals surface area (Å²) in [7, 11) is 0. The minimum atomic E-state index is -0.986. The van der Waals surface area contributed by atoms with Crippen LogP contribution in [-0.4, -0.2) is 23.0 Å². The van der Waals surface area contributed by atoms with E-state index in [2.05, 4.69) is 10.3 Å². The van der Waals surface area contributed by atoms with Crippen LogP contribution >= 0.6 is 0 Å². The number of hydrogen-bond acceptors (Lipinski definition) is 5. The number of anilines is 1. The third-order valence-corrected chi connectivity index (χ3v) is 5.59. The van der Waals surface area contributed by atoms with E-state index in [9.17, 15) is 9.59 Å². The molecule has 34 heavy (non-hydrogen) atoms. The predicted octanol–water partition coefficient (Wildman–Crippen LogP) is 6.14. The number of oxazole rings is 1. The number of rotatable bonds is 5. The summed E-state index contributed by atoms with van der Waals surface area (Å²) >= 11 is 0. The van der Waals surface area contributed by atoms with Gasteiger partial charge in [0.2, 0.25) is 5.89 Å². The van der Waals surface area contributed by atoms with Gasteiger partial charge in [-0.05, 0) is 61.2 Å². The second-order valence-corrected chi connectivity index (χ2v) is 8.10. The van der Waals surface area contributed by atoms with E-state index in [1.165, 1.54) is 0 Å². The lowest BCUT2D eigenvalue weighted by atomic mass is 9.99. The smallest absolute Gasteiger partial charge is 0.339 e. The third-order valence-electron chi connectivity index (χ3n) is 5.59. The SMILES string of the molecule is Cc1cccc(NC(=O)C(C)OC(=O)c2cccc3cccc(-c4nc5ccccc5o4)c23)c1. The maximum absolute atomic E-state index is 13.2. The zero-order valence-corrected chi connectivity index (χ0v) is 18.7. The van der Waals surface area contributed by atoms with E-state index in [4.69, 9.17) is 9.15 Å². The van der Waals surface area contributed by atoms with Crippen LogP contribution in [0.2, 0.25) is 0 Å². The molecular formula is C28H22N2O4. The minimum Gasteiger partial charge on any atom is -0.449 e. The molecule has 1 amide bonds. The molecule has 1 heterocycles. The Morgan fingerprint density at radius 2 is 1.71 bits per heavy atom. The van der Waals surface area contributed by atoms with E-state index in [1.807, 2.05) is 73.7 Å². The second kappa shape index (κ2) is 8.83. The molecule has 0 radical (unpaired) electrons. The van der Waals surface area contributed by atoms with Gasteiger partial charge in [-0.15, -0.1) is 0 Å². The standard InChI is InChI=1S/C28H22N2O4/c1-17-8-5-11-20(16-17)29-26(31)18(2)33-28(32)22-13-7-10-19-9-6-12-21(25(19)22)27-30-23-14-3-4-15-24(23)34-27/h3-16,18H,1-2H3,(H,29,31). The van der Waals surface area contributed by atoms with Crippen LogP contribution in [-0.2, 0) is 9.53 Å². The topological polar surface area (TPSA) is 81.4 Å². The zero-order chi connectivity index (χ0) is 23.7. The third kappa shape index (κ3) is 4.13. The van der Waals surface area contributed by atoms with Crippen molar-refractivity contribution in [1.82, 2.24) is 4.98 Å². The summed E-state index contributed by atoms with van der Waals surface area (Å²) in [5.74, 6) is -0.586. The number of amides is 1. The molecule has 5 aromatic rings. The molecule has 168 valence electrons. The van der Waals surface area contributed by atoms with Gasteiger partial charge in [0.1, 0.15) is 5.52 Å². The molecule has 0 aliphatic heterocycles. The highest BCUT2D eigenvalue weighted by Crippen LogP contribution is 2.33. The molecule has 1 N–H and O–H groups in total. The Morgan fingerprint density at radius 3 is 2.50 bits per heavy atom. The van der Waals surface area contributed by atoms with Gasteiger partial charge >= 0.3 is 5.97 Å². The highest BCUT2D eigenvalue weighted by Gasteiger charge is 2.23. The molecule has 1 unspecified atom stereocenters. The van der Waals surface area contributed by atoms with Crippen molar-refractivity contribution in [2.24, 2.45) is 0 Å². The Bertz CT molecular complexity index is 1500. The molecule has 0 aliphatic carbocycles. The number of fused-ring (bicyclic) bond motifs is 2. The molecule has 0 bridgehead atoms. The van der Waals surface area contributed by atoms with Gasteiger partial charge in [-0.1, -0.05) is 48.5 Å². The van der Waals surface area contributed by atoms with Crippen molar-refractivity contribution in [1.29, 1.82) is 0 Å². The van der Waals surface area contributed by atoms with Crippen molar-refractivity contribution in [3.63, 3.8) is 0 Å². The Morgan fingerprint density at radius 1 is 0.941 bits per heavy atom. The monoisotopic (exact) mass is 450 g/mol. The van der Waals surface area contributed by atoms with Gasteiger partial charge in [0.25, 0.3) is 5.91 Å². The van der Waals surface area contributed by atoms with E-state index in [-0.39, 0.29) is 0 Å². The number of nitrogens with one attached hydrogen (secondary N) is 1. The number of para-hydroxylation sites is 2. The van der Waals surface area contributed by atoms with Crippen molar-refractivity contribution >= 4 is 39.4 Å². The summed E-state index contributed by atoms with van der Waals surface area (Å²) in [6.07, 6.45) is -0.986. The largest absolute Gasteiger partial charge is 0.449 e. The van der Waals surface area contributed by atoms with Crippen molar-refractivity contribution < 1.29 is 18.7 Å². The molecule has 0 fully saturated rings. The van der Waals surface area contributed by atoms with Crippen LogP contribution in [0.15, 0.2) is 89.3 Å². The summed E-state index contributed by atoms with van der Waals surface area (Å²) in [6, 6.07) is 26.0. The number of benzene rings is 4. The Balaban J connectivity index is 1.46. The summed E-state index contributed by atoms with van der Waals surface area (Å²) in [5.41, 5.74) is 4.08. The Labute approximate surface area is 196 Å². The van der Waals surface area contributed by atoms with Gasteiger partial charge in [0, 0.05) is 16.6 Å². The van der Waals surface area contributed by atoms with Crippen molar-refractivity contribution in [3.8, 4) is 11.5 Å². The van der Waals surface area contributed by atoms with E-state index >= 15 is 0 Å². The molecule has 1 atom stereocenters. The van der Waals surface area contributed by atoms with E-state index in [0.717, 1.165) is 16.5 Å². The van der Waals surface area contributed by atoms with Gasteiger partial charge in [0.05, 0.1) is 5.56 Å². The van der Waals surface area contributed by atoms with Crippen LogP contribution in [0, 0.1) is 6.92 Å². The summed E-state index contributed by atoms with van der Waals surface area (Å²) in [6.45, 7) is 3.49. The van der Waals surface area contributed by atoms with Crippen LogP contribution in [0.3, 0.4) is 0 Å².